The fraction of sp³-hybridized carbons (Fsp3) is 0.429. The maximum absolute atomic E-state index is 6.24. The Balaban J connectivity index is 2.15. The first-order valence-electron chi connectivity index (χ1n) is 11.6. The minimum absolute atomic E-state index is 0.0556. The first kappa shape index (κ1) is 22.3. The molecule has 170 valence electrons. The van der Waals surface area contributed by atoms with E-state index in [2.05, 4.69) is 24.3 Å². The molecule has 4 heteroatoms. The van der Waals surface area contributed by atoms with Crippen LogP contribution in [0.25, 0.3) is 32.3 Å². The summed E-state index contributed by atoms with van der Waals surface area (Å²) in [4.78, 5) is 0. The molecule has 32 heavy (non-hydrogen) atoms. The summed E-state index contributed by atoms with van der Waals surface area (Å²) in [7, 11) is 0. The molecule has 0 amide bonds. The minimum atomic E-state index is 0.0556. The monoisotopic (exact) mass is 434 g/mol. The smallest absolute Gasteiger partial charge is 0.131 e. The molecule has 4 aromatic carbocycles. The lowest BCUT2D eigenvalue weighted by Crippen LogP contribution is -2.10. The molecule has 0 N–H and O–H groups in total. The third-order valence-corrected chi connectivity index (χ3v) is 5.20. The van der Waals surface area contributed by atoms with Gasteiger partial charge in [0.25, 0.3) is 0 Å². The zero-order valence-corrected chi connectivity index (χ0v) is 20.4. The van der Waals surface area contributed by atoms with E-state index in [0.717, 1.165) is 55.3 Å². The van der Waals surface area contributed by atoms with Crippen molar-refractivity contribution in [3.63, 3.8) is 0 Å². The van der Waals surface area contributed by atoms with Crippen molar-refractivity contribution in [2.24, 2.45) is 0 Å². The van der Waals surface area contributed by atoms with Gasteiger partial charge in [-0.3, -0.25) is 0 Å². The van der Waals surface area contributed by atoms with Crippen LogP contribution in [0.4, 0.5) is 0 Å². The molecule has 0 spiro atoms. The van der Waals surface area contributed by atoms with Crippen molar-refractivity contribution in [3.8, 4) is 23.0 Å². The average Bonchev–Trinajstić information content (AvgIpc) is 2.68. The van der Waals surface area contributed by atoms with E-state index in [1.54, 1.807) is 0 Å². The molecule has 4 rings (SSSR count). The van der Waals surface area contributed by atoms with Crippen molar-refractivity contribution >= 4 is 32.3 Å². The molecule has 4 nitrogen and oxygen atoms in total. The molecule has 0 radical (unpaired) electrons. The van der Waals surface area contributed by atoms with Crippen LogP contribution in [0.1, 0.15) is 55.4 Å². The highest BCUT2D eigenvalue weighted by atomic mass is 16.5. The lowest BCUT2D eigenvalue weighted by molar-refractivity contribution is 0.232. The van der Waals surface area contributed by atoms with Crippen LogP contribution >= 0.6 is 0 Å². The predicted octanol–water partition coefficient (Wildman–Crippen LogP) is 7.73. The van der Waals surface area contributed by atoms with E-state index in [1.807, 2.05) is 67.5 Å². The fourth-order valence-corrected chi connectivity index (χ4v) is 4.27. The standard InChI is InChI=1S/C28H34O4/c1-15(2)29-23-13-24(30-16(3)4)20-11-12-22-26(32-18(7)8)14-25(31-17(5)6)21-10-9-19(23)27(20)28(21)22/h9-18H,1-8H3. The van der Waals surface area contributed by atoms with E-state index in [1.165, 1.54) is 0 Å². The summed E-state index contributed by atoms with van der Waals surface area (Å²) < 4.78 is 25.0. The van der Waals surface area contributed by atoms with Gasteiger partial charge in [-0.15, -0.1) is 0 Å². The highest BCUT2D eigenvalue weighted by Gasteiger charge is 2.22. The van der Waals surface area contributed by atoms with Gasteiger partial charge >= 0.3 is 0 Å². The van der Waals surface area contributed by atoms with E-state index >= 15 is 0 Å². The molecular weight excluding hydrogens is 400 g/mol. The SMILES string of the molecule is CC(C)Oc1cc(OC(C)C)c2ccc3c(OC(C)C)cc(OC(C)C)c4ccc1c2c43. The van der Waals surface area contributed by atoms with Crippen LogP contribution in [0.3, 0.4) is 0 Å². The summed E-state index contributed by atoms with van der Waals surface area (Å²) in [5.74, 6) is 3.33. The van der Waals surface area contributed by atoms with E-state index < -0.39 is 0 Å². The molecule has 0 saturated carbocycles. The fourth-order valence-electron chi connectivity index (χ4n) is 4.27. The molecule has 4 aromatic rings. The van der Waals surface area contributed by atoms with Gasteiger partial charge in [-0.1, -0.05) is 0 Å². The predicted molar refractivity (Wildman–Crippen MR) is 133 cm³/mol. The van der Waals surface area contributed by atoms with Crippen molar-refractivity contribution in [3.05, 3.63) is 36.4 Å². The molecule has 0 aliphatic heterocycles. The highest BCUT2D eigenvalue weighted by Crippen LogP contribution is 2.48. The molecular formula is C28H34O4. The molecule has 0 heterocycles. The van der Waals surface area contributed by atoms with Crippen molar-refractivity contribution in [2.75, 3.05) is 0 Å². The van der Waals surface area contributed by atoms with Gasteiger partial charge in [0, 0.05) is 44.5 Å². The molecule has 0 fully saturated rings. The van der Waals surface area contributed by atoms with E-state index in [9.17, 15) is 0 Å². The molecule has 0 atom stereocenters. The summed E-state index contributed by atoms with van der Waals surface area (Å²) in [6.07, 6.45) is 0.222. The van der Waals surface area contributed by atoms with Crippen LogP contribution in [0.2, 0.25) is 0 Å². The Morgan fingerprint density at radius 1 is 0.406 bits per heavy atom. The second-order valence-electron chi connectivity index (χ2n) is 9.48. The molecule has 0 aromatic heterocycles. The Labute approximate surface area is 190 Å². The quantitative estimate of drug-likeness (QED) is 0.266. The topological polar surface area (TPSA) is 36.9 Å². The third-order valence-electron chi connectivity index (χ3n) is 5.20. The molecule has 0 aliphatic rings. The van der Waals surface area contributed by atoms with Gasteiger partial charge in [0.1, 0.15) is 23.0 Å². The van der Waals surface area contributed by atoms with Gasteiger partial charge in [-0.2, -0.15) is 0 Å². The zero-order valence-electron chi connectivity index (χ0n) is 20.4. The Morgan fingerprint density at radius 3 is 0.812 bits per heavy atom. The summed E-state index contributed by atoms with van der Waals surface area (Å²) in [5, 5.41) is 6.52. The Kier molecular flexibility index (Phi) is 5.98. The number of rotatable bonds is 8. The normalized spacial score (nSPS) is 12.2. The molecule has 0 saturated heterocycles. The number of benzene rings is 4. The lowest BCUT2D eigenvalue weighted by atomic mass is 9.92. The maximum Gasteiger partial charge on any atom is 0.131 e. The lowest BCUT2D eigenvalue weighted by Gasteiger charge is -2.23. The van der Waals surface area contributed by atoms with E-state index in [-0.39, 0.29) is 24.4 Å². The zero-order chi connectivity index (χ0) is 23.2. The first-order chi connectivity index (χ1) is 15.2. The maximum atomic E-state index is 6.24. The van der Waals surface area contributed by atoms with Gasteiger partial charge in [0.05, 0.1) is 24.4 Å². The number of hydrogen-bond donors (Lipinski definition) is 0. The molecule has 0 aliphatic carbocycles. The van der Waals surface area contributed by atoms with Gasteiger partial charge in [-0.25, -0.2) is 0 Å². The number of hydrogen-bond acceptors (Lipinski definition) is 4. The van der Waals surface area contributed by atoms with Gasteiger partial charge in [0.15, 0.2) is 0 Å². The van der Waals surface area contributed by atoms with Crippen molar-refractivity contribution in [2.45, 2.75) is 79.8 Å². The molecule has 0 unspecified atom stereocenters. The minimum Gasteiger partial charge on any atom is -0.490 e. The summed E-state index contributed by atoms with van der Waals surface area (Å²) in [6, 6.07) is 12.6. The van der Waals surface area contributed by atoms with E-state index in [4.69, 9.17) is 18.9 Å². The average molecular weight is 435 g/mol. The highest BCUT2D eigenvalue weighted by molar-refractivity contribution is 6.27. The number of ether oxygens (including phenoxy) is 4. The largest absolute Gasteiger partial charge is 0.490 e. The third kappa shape index (κ3) is 4.11. The second-order valence-corrected chi connectivity index (χ2v) is 9.48. The van der Waals surface area contributed by atoms with Crippen molar-refractivity contribution in [1.82, 2.24) is 0 Å². The van der Waals surface area contributed by atoms with Crippen molar-refractivity contribution < 1.29 is 18.9 Å². The first-order valence-corrected chi connectivity index (χ1v) is 11.6. The second kappa shape index (κ2) is 8.57. The Morgan fingerprint density at radius 2 is 0.625 bits per heavy atom. The van der Waals surface area contributed by atoms with Crippen LogP contribution in [0.5, 0.6) is 23.0 Å². The summed E-state index contributed by atoms with van der Waals surface area (Å²) >= 11 is 0. The van der Waals surface area contributed by atoms with Crippen LogP contribution in [0.15, 0.2) is 36.4 Å². The van der Waals surface area contributed by atoms with Gasteiger partial charge < -0.3 is 18.9 Å². The van der Waals surface area contributed by atoms with Crippen LogP contribution in [0, 0.1) is 0 Å². The Hall–Kier alpha value is -2.88. The van der Waals surface area contributed by atoms with Gasteiger partial charge in [0.2, 0.25) is 0 Å². The molecule has 0 bridgehead atoms. The van der Waals surface area contributed by atoms with Crippen LogP contribution < -0.4 is 18.9 Å². The van der Waals surface area contributed by atoms with Crippen molar-refractivity contribution in [1.29, 1.82) is 0 Å². The van der Waals surface area contributed by atoms with Crippen LogP contribution in [-0.4, -0.2) is 24.4 Å². The van der Waals surface area contributed by atoms with E-state index in [0.29, 0.717) is 0 Å². The van der Waals surface area contributed by atoms with Crippen LogP contribution in [-0.2, 0) is 0 Å². The van der Waals surface area contributed by atoms with Gasteiger partial charge in [-0.05, 0) is 79.7 Å². The Bertz CT molecular complexity index is 1050. The summed E-state index contributed by atoms with van der Waals surface area (Å²) in [5.41, 5.74) is 0. The summed E-state index contributed by atoms with van der Waals surface area (Å²) in [6.45, 7) is 16.4.